The molecule has 7 nitrogen and oxygen atoms in total. The van der Waals surface area contributed by atoms with E-state index in [0.717, 1.165) is 10.8 Å². The zero-order valence-corrected chi connectivity index (χ0v) is 20.7. The molecule has 0 aliphatic rings. The van der Waals surface area contributed by atoms with Gasteiger partial charge in [-0.3, -0.25) is 9.59 Å². The van der Waals surface area contributed by atoms with E-state index in [4.69, 9.17) is 9.84 Å². The number of hydrogen-bond acceptors (Lipinski definition) is 5. The van der Waals surface area contributed by atoms with Crippen LogP contribution in [0.1, 0.15) is 6.42 Å². The summed E-state index contributed by atoms with van der Waals surface area (Å²) in [5.74, 6) is -1.57. The van der Waals surface area contributed by atoms with Crippen LogP contribution in [0.15, 0.2) is 103 Å². The van der Waals surface area contributed by atoms with Crippen molar-refractivity contribution in [2.45, 2.75) is 12.8 Å². The van der Waals surface area contributed by atoms with Gasteiger partial charge in [-0.05, 0) is 53.4 Å². The predicted molar refractivity (Wildman–Crippen MR) is 141 cm³/mol. The number of allylic oxidation sites excluding steroid dienone is 2. The topological polar surface area (TPSA) is 97.8 Å². The van der Waals surface area contributed by atoms with Crippen LogP contribution in [0.5, 0.6) is 11.6 Å². The first kappa shape index (κ1) is 28.7. The summed E-state index contributed by atoms with van der Waals surface area (Å²) in [4.78, 5) is 27.3. The highest BCUT2D eigenvalue weighted by molar-refractivity contribution is 5.95. The lowest BCUT2D eigenvalue weighted by atomic mass is 10.1. The Morgan fingerprint density at radius 2 is 1.79 bits per heavy atom. The number of rotatable bonds is 12. The number of carboxylic acids is 1. The van der Waals surface area contributed by atoms with E-state index in [1.54, 1.807) is 24.3 Å². The standard InChI is InChI=1S/C29H25F3N2O5/c1-3-6-20(10-9-19(2)27(37)33-16-15-26(35)36)18-38-28-24-8-5-4-7-22(24)17-25(34-28)21-11-13-23(14-12-21)39-29(30,31)32/h3-14,17H,1-2,15-16,18H2,(H,33,37)(H,35,36)/b10-9-,20-6+. The Labute approximate surface area is 222 Å². The highest BCUT2D eigenvalue weighted by Gasteiger charge is 2.31. The number of amides is 1. The van der Waals surface area contributed by atoms with Crippen LogP contribution in [-0.4, -0.2) is 41.5 Å². The van der Waals surface area contributed by atoms with Crippen LogP contribution >= 0.6 is 0 Å². The number of halogens is 3. The van der Waals surface area contributed by atoms with Crippen molar-refractivity contribution in [2.75, 3.05) is 13.2 Å². The van der Waals surface area contributed by atoms with Gasteiger partial charge < -0.3 is 19.9 Å². The number of ether oxygens (including phenoxy) is 2. The van der Waals surface area contributed by atoms with E-state index in [9.17, 15) is 22.8 Å². The number of aromatic nitrogens is 1. The molecule has 0 atom stereocenters. The van der Waals surface area contributed by atoms with Gasteiger partial charge in [0.15, 0.2) is 0 Å². The number of aliphatic carboxylic acids is 1. The Bertz CT molecular complexity index is 1430. The number of benzene rings is 2. The quantitative estimate of drug-likeness (QED) is 0.217. The van der Waals surface area contributed by atoms with Crippen molar-refractivity contribution < 1.29 is 37.3 Å². The molecule has 0 aliphatic carbocycles. The Morgan fingerprint density at radius 3 is 2.46 bits per heavy atom. The fourth-order valence-electron chi connectivity index (χ4n) is 3.39. The van der Waals surface area contributed by atoms with Crippen molar-refractivity contribution in [3.63, 3.8) is 0 Å². The van der Waals surface area contributed by atoms with E-state index in [-0.39, 0.29) is 30.9 Å². The maximum Gasteiger partial charge on any atom is 0.573 e. The maximum absolute atomic E-state index is 12.5. The molecule has 2 aromatic carbocycles. The molecule has 0 aliphatic heterocycles. The molecule has 0 fully saturated rings. The van der Waals surface area contributed by atoms with Gasteiger partial charge in [0, 0.05) is 23.1 Å². The highest BCUT2D eigenvalue weighted by Crippen LogP contribution is 2.31. The van der Waals surface area contributed by atoms with E-state index in [1.165, 1.54) is 30.3 Å². The summed E-state index contributed by atoms with van der Waals surface area (Å²) >= 11 is 0. The Kier molecular flexibility index (Phi) is 9.63. The molecule has 202 valence electrons. The Balaban J connectivity index is 1.79. The lowest BCUT2D eigenvalue weighted by Crippen LogP contribution is -2.26. The third kappa shape index (κ3) is 8.89. The Morgan fingerprint density at radius 1 is 1.08 bits per heavy atom. The summed E-state index contributed by atoms with van der Waals surface area (Å²) in [6, 6.07) is 14.5. The molecular weight excluding hydrogens is 513 g/mol. The Hall–Kier alpha value is -4.86. The number of carbonyl (C=O) groups is 2. The number of hydrogen-bond donors (Lipinski definition) is 2. The summed E-state index contributed by atoms with van der Waals surface area (Å²) in [5, 5.41) is 12.7. The number of fused-ring (bicyclic) bond motifs is 1. The van der Waals surface area contributed by atoms with Gasteiger partial charge >= 0.3 is 12.3 Å². The van der Waals surface area contributed by atoms with Gasteiger partial charge in [-0.25, -0.2) is 4.98 Å². The number of carboxylic acid groups (broad SMARTS) is 1. The van der Waals surface area contributed by atoms with Crippen LogP contribution in [-0.2, 0) is 9.59 Å². The van der Waals surface area contributed by atoms with Gasteiger partial charge in [0.05, 0.1) is 12.1 Å². The van der Waals surface area contributed by atoms with Gasteiger partial charge in [-0.15, -0.1) is 13.2 Å². The molecule has 0 radical (unpaired) electrons. The third-order valence-electron chi connectivity index (χ3n) is 5.21. The molecule has 3 rings (SSSR count). The lowest BCUT2D eigenvalue weighted by molar-refractivity contribution is -0.274. The molecule has 3 aromatic rings. The molecule has 2 N–H and O–H groups in total. The lowest BCUT2D eigenvalue weighted by Gasteiger charge is -2.13. The summed E-state index contributed by atoms with van der Waals surface area (Å²) in [5.41, 5.74) is 1.80. The number of nitrogens with zero attached hydrogens (tertiary/aromatic N) is 1. The van der Waals surface area contributed by atoms with Crippen LogP contribution in [0.25, 0.3) is 22.0 Å². The first-order valence-corrected chi connectivity index (χ1v) is 11.6. The van der Waals surface area contributed by atoms with Crippen molar-refractivity contribution in [3.05, 3.63) is 103 Å². The fourth-order valence-corrected chi connectivity index (χ4v) is 3.39. The second-order valence-corrected chi connectivity index (χ2v) is 8.13. The van der Waals surface area contributed by atoms with Crippen molar-refractivity contribution in [1.82, 2.24) is 10.3 Å². The number of pyridine rings is 1. The molecule has 0 bridgehead atoms. The molecule has 10 heteroatoms. The molecular formula is C29H25F3N2O5. The molecule has 0 unspecified atom stereocenters. The second-order valence-electron chi connectivity index (χ2n) is 8.13. The van der Waals surface area contributed by atoms with E-state index >= 15 is 0 Å². The number of nitrogens with one attached hydrogen (secondary N) is 1. The molecule has 1 heterocycles. The van der Waals surface area contributed by atoms with Crippen molar-refractivity contribution in [3.8, 4) is 22.9 Å². The van der Waals surface area contributed by atoms with Gasteiger partial charge in [0.25, 0.3) is 5.91 Å². The van der Waals surface area contributed by atoms with Gasteiger partial charge in [-0.1, -0.05) is 49.6 Å². The first-order chi connectivity index (χ1) is 18.6. The molecule has 1 amide bonds. The number of alkyl halides is 3. The monoisotopic (exact) mass is 538 g/mol. The normalized spacial score (nSPS) is 11.8. The summed E-state index contributed by atoms with van der Waals surface area (Å²) in [7, 11) is 0. The third-order valence-corrected chi connectivity index (χ3v) is 5.21. The first-order valence-electron chi connectivity index (χ1n) is 11.6. The molecule has 1 aromatic heterocycles. The van der Waals surface area contributed by atoms with E-state index in [1.807, 2.05) is 24.3 Å². The zero-order chi connectivity index (χ0) is 28.4. The molecule has 0 saturated heterocycles. The summed E-state index contributed by atoms with van der Waals surface area (Å²) in [6.07, 6.45) is 1.32. The minimum atomic E-state index is -4.79. The summed E-state index contributed by atoms with van der Waals surface area (Å²) < 4.78 is 47.5. The molecule has 39 heavy (non-hydrogen) atoms. The van der Waals surface area contributed by atoms with Crippen LogP contribution in [0.3, 0.4) is 0 Å². The van der Waals surface area contributed by atoms with Crippen molar-refractivity contribution in [2.24, 2.45) is 0 Å². The average molecular weight is 539 g/mol. The van der Waals surface area contributed by atoms with E-state index in [2.05, 4.69) is 28.2 Å². The second kappa shape index (κ2) is 13.1. The fraction of sp³-hybridized carbons (Fsp3) is 0.138. The highest BCUT2D eigenvalue weighted by atomic mass is 19.4. The van der Waals surface area contributed by atoms with Gasteiger partial charge in [0.1, 0.15) is 12.4 Å². The number of carbonyl (C=O) groups excluding carboxylic acids is 1. The predicted octanol–water partition coefficient (Wildman–Crippen LogP) is 5.99. The average Bonchev–Trinajstić information content (AvgIpc) is 2.89. The summed E-state index contributed by atoms with van der Waals surface area (Å²) in [6.45, 7) is 7.41. The van der Waals surface area contributed by atoms with Crippen molar-refractivity contribution in [1.29, 1.82) is 0 Å². The van der Waals surface area contributed by atoms with Crippen LogP contribution in [0.2, 0.25) is 0 Å². The van der Waals surface area contributed by atoms with Crippen LogP contribution < -0.4 is 14.8 Å². The van der Waals surface area contributed by atoms with E-state index in [0.29, 0.717) is 22.7 Å². The minimum absolute atomic E-state index is 0.0212. The smallest absolute Gasteiger partial charge is 0.481 e. The maximum atomic E-state index is 12.5. The van der Waals surface area contributed by atoms with Gasteiger partial charge in [0.2, 0.25) is 5.88 Å². The molecule has 0 saturated carbocycles. The zero-order valence-electron chi connectivity index (χ0n) is 20.7. The minimum Gasteiger partial charge on any atom is -0.481 e. The van der Waals surface area contributed by atoms with Crippen molar-refractivity contribution >= 4 is 22.6 Å². The van der Waals surface area contributed by atoms with Crippen LogP contribution in [0, 0.1) is 0 Å². The van der Waals surface area contributed by atoms with Gasteiger partial charge in [-0.2, -0.15) is 0 Å². The largest absolute Gasteiger partial charge is 0.573 e. The van der Waals surface area contributed by atoms with Crippen LogP contribution in [0.4, 0.5) is 13.2 Å². The SMILES string of the molecule is C=C/C=C(\C=C/C(=C)C(=O)NCCC(=O)O)COc1nc(-c2ccc(OC(F)(F)F)cc2)cc2ccccc12. The van der Waals surface area contributed by atoms with E-state index < -0.39 is 18.2 Å². The molecule has 0 spiro atoms.